The summed E-state index contributed by atoms with van der Waals surface area (Å²) in [6.07, 6.45) is 0. The first-order chi connectivity index (χ1) is 4.63. The average molecular weight is 221 g/mol. The topological polar surface area (TPSA) is 81.0 Å². The molecule has 3 N–H and O–H groups in total. The number of hydrogen-bond donors (Lipinski definition) is 3. The molecule has 0 aromatic carbocycles. The van der Waals surface area contributed by atoms with Crippen molar-refractivity contribution in [1.29, 1.82) is 0 Å². The zero-order valence-corrected chi connectivity index (χ0v) is 14.7. The van der Waals surface area contributed by atoms with E-state index in [1.807, 2.05) is 0 Å². The van der Waals surface area contributed by atoms with E-state index in [0.29, 0.717) is 0 Å². The van der Waals surface area contributed by atoms with Gasteiger partial charge in [0.1, 0.15) is 6.04 Å². The molecule has 0 aromatic heterocycles. The molecule has 8 heteroatoms. The summed E-state index contributed by atoms with van der Waals surface area (Å²) in [6.45, 7) is 0.475. The minimum Gasteiger partial charge on any atom is -1.00 e. The molecule has 0 radical (unpaired) electrons. The number of carboxylic acid groups (broad SMARTS) is 1. The molecule has 1 atom stereocenters. The van der Waals surface area contributed by atoms with Crippen molar-refractivity contribution in [2.45, 2.75) is 13.0 Å². The molecule has 13 heavy (non-hydrogen) atoms. The van der Waals surface area contributed by atoms with Crippen LogP contribution in [0.25, 0.3) is 0 Å². The van der Waals surface area contributed by atoms with Crippen molar-refractivity contribution in [3.05, 3.63) is 0 Å². The molecule has 0 unspecified atom stereocenters. The molecule has 0 spiro atoms. The van der Waals surface area contributed by atoms with Gasteiger partial charge in [-0.05, 0) is 6.92 Å². The number of carboxylic acids is 1. The standard InChI is InChI=1S/C5H11NO4.3Na.3H/c1-4(5(9)10)6(2-7)3-8;;;;;;/h4,7-8H,2-3H2,1H3,(H,9,10);;;;;;/q;3*+1;3*-1/t4-;;;;;;/m0....../s1. The van der Waals surface area contributed by atoms with Gasteiger partial charge in [0.2, 0.25) is 0 Å². The van der Waals surface area contributed by atoms with Crippen molar-refractivity contribution < 1.29 is 113 Å². The SMILES string of the molecule is C[C@@H](C(=O)O)N(CO)CO.[H-].[H-].[H-].[Na+].[Na+].[Na+]. The van der Waals surface area contributed by atoms with Gasteiger partial charge in [-0.25, -0.2) is 4.90 Å². The molecule has 0 saturated heterocycles. The fourth-order valence-corrected chi connectivity index (χ4v) is 0.446. The van der Waals surface area contributed by atoms with Crippen molar-refractivity contribution in [2.24, 2.45) is 0 Å². The fraction of sp³-hybridized carbons (Fsp3) is 0.800. The van der Waals surface area contributed by atoms with E-state index in [4.69, 9.17) is 15.3 Å². The molecule has 5 nitrogen and oxygen atoms in total. The van der Waals surface area contributed by atoms with Crippen LogP contribution in [0.5, 0.6) is 0 Å². The second kappa shape index (κ2) is 14.3. The van der Waals surface area contributed by atoms with Gasteiger partial charge in [-0.3, -0.25) is 4.79 Å². The average Bonchev–Trinajstić information content (AvgIpc) is 1.90. The molecule has 0 rings (SSSR count). The maximum atomic E-state index is 10.2. The van der Waals surface area contributed by atoms with Crippen LogP contribution in [0.2, 0.25) is 0 Å². The summed E-state index contributed by atoms with van der Waals surface area (Å²) in [5.41, 5.74) is 0. The maximum absolute atomic E-state index is 10.2. The molecule has 0 fully saturated rings. The number of hydrogen-bond acceptors (Lipinski definition) is 4. The minimum absolute atomic E-state index is 0. The summed E-state index contributed by atoms with van der Waals surface area (Å²) in [5.74, 6) is -1.07. The van der Waals surface area contributed by atoms with E-state index in [-0.39, 0.29) is 93.0 Å². The number of aliphatic hydroxyl groups is 2. The number of aliphatic hydroxyl groups excluding tert-OH is 2. The van der Waals surface area contributed by atoms with Gasteiger partial charge in [0.05, 0.1) is 13.5 Å². The first-order valence-electron chi connectivity index (χ1n) is 2.82. The smallest absolute Gasteiger partial charge is 1.00 e. The number of carbonyl (C=O) groups is 1. The van der Waals surface area contributed by atoms with E-state index in [1.165, 1.54) is 6.92 Å². The Labute approximate surface area is 148 Å². The second-order valence-corrected chi connectivity index (χ2v) is 1.89. The van der Waals surface area contributed by atoms with Crippen LogP contribution in [0.15, 0.2) is 0 Å². The molecular weight excluding hydrogens is 207 g/mol. The summed E-state index contributed by atoms with van der Waals surface area (Å²) >= 11 is 0. The van der Waals surface area contributed by atoms with E-state index in [9.17, 15) is 4.79 Å². The van der Waals surface area contributed by atoms with Crippen molar-refractivity contribution in [2.75, 3.05) is 13.5 Å². The van der Waals surface area contributed by atoms with Crippen LogP contribution in [-0.2, 0) is 4.79 Å². The Bertz CT molecular complexity index is 133. The van der Waals surface area contributed by atoms with Gasteiger partial charge in [-0.2, -0.15) is 0 Å². The zero-order chi connectivity index (χ0) is 8.15. The normalized spacial score (nSPS) is 10.5. The van der Waals surface area contributed by atoms with E-state index in [0.717, 1.165) is 4.90 Å². The predicted molar refractivity (Wildman–Crippen MR) is 36.4 cm³/mol. The Morgan fingerprint density at radius 2 is 1.62 bits per heavy atom. The van der Waals surface area contributed by atoms with Crippen molar-refractivity contribution >= 4 is 5.97 Å². The molecule has 0 aromatic rings. The second-order valence-electron chi connectivity index (χ2n) is 1.89. The van der Waals surface area contributed by atoms with E-state index in [1.54, 1.807) is 0 Å². The van der Waals surface area contributed by atoms with E-state index < -0.39 is 25.5 Å². The van der Waals surface area contributed by atoms with Crippen molar-refractivity contribution in [3.8, 4) is 0 Å². The largest absolute Gasteiger partial charge is 1.00 e. The van der Waals surface area contributed by atoms with Crippen LogP contribution in [0.1, 0.15) is 11.2 Å². The number of nitrogens with zero attached hydrogens (tertiary/aromatic N) is 1. The maximum Gasteiger partial charge on any atom is 1.00 e. The van der Waals surface area contributed by atoms with Gasteiger partial charge >= 0.3 is 94.6 Å². The first-order valence-corrected chi connectivity index (χ1v) is 2.82. The third-order valence-electron chi connectivity index (χ3n) is 1.27. The molecule has 0 aliphatic carbocycles. The monoisotopic (exact) mass is 221 g/mol. The molecule has 0 aliphatic rings. The summed E-state index contributed by atoms with van der Waals surface area (Å²) in [7, 11) is 0. The third-order valence-corrected chi connectivity index (χ3v) is 1.27. The molecule has 0 aliphatic heterocycles. The molecule has 0 amide bonds. The summed E-state index contributed by atoms with van der Waals surface area (Å²) in [5, 5.41) is 25.2. The van der Waals surface area contributed by atoms with Crippen LogP contribution < -0.4 is 88.7 Å². The van der Waals surface area contributed by atoms with E-state index in [2.05, 4.69) is 0 Å². The van der Waals surface area contributed by atoms with Crippen LogP contribution in [0.4, 0.5) is 0 Å². The van der Waals surface area contributed by atoms with Crippen LogP contribution in [-0.4, -0.2) is 45.7 Å². The Kier molecular flexibility index (Phi) is 27.1. The first kappa shape index (κ1) is 24.5. The zero-order valence-electron chi connectivity index (χ0n) is 11.7. The Morgan fingerprint density at radius 3 is 1.69 bits per heavy atom. The van der Waals surface area contributed by atoms with Crippen LogP contribution in [0, 0.1) is 0 Å². The fourth-order valence-electron chi connectivity index (χ4n) is 0.446. The Hall–Kier alpha value is 2.35. The van der Waals surface area contributed by atoms with Gasteiger partial charge < -0.3 is 19.6 Å². The summed E-state index contributed by atoms with van der Waals surface area (Å²) < 4.78 is 0. The van der Waals surface area contributed by atoms with Gasteiger partial charge in [-0.15, -0.1) is 0 Å². The minimum atomic E-state index is -1.07. The van der Waals surface area contributed by atoms with Crippen molar-refractivity contribution in [1.82, 2.24) is 4.90 Å². The van der Waals surface area contributed by atoms with Gasteiger partial charge in [0.15, 0.2) is 0 Å². The molecule has 66 valence electrons. The summed E-state index contributed by atoms with van der Waals surface area (Å²) in [4.78, 5) is 11.2. The third kappa shape index (κ3) is 10.6. The molecule has 0 saturated carbocycles. The Morgan fingerprint density at radius 1 is 1.31 bits per heavy atom. The van der Waals surface area contributed by atoms with Gasteiger partial charge in [-0.1, -0.05) is 0 Å². The molecule has 0 heterocycles. The van der Waals surface area contributed by atoms with Crippen molar-refractivity contribution in [3.63, 3.8) is 0 Å². The Balaban J connectivity index is -0.0000000270. The number of rotatable bonds is 4. The molecule has 0 bridgehead atoms. The quantitative estimate of drug-likeness (QED) is 0.324. The van der Waals surface area contributed by atoms with Crippen LogP contribution >= 0.6 is 0 Å². The predicted octanol–water partition coefficient (Wildman–Crippen LogP) is -9.99. The van der Waals surface area contributed by atoms with Crippen LogP contribution in [0.3, 0.4) is 0 Å². The van der Waals surface area contributed by atoms with Gasteiger partial charge in [0.25, 0.3) is 0 Å². The summed E-state index contributed by atoms with van der Waals surface area (Å²) in [6, 6.07) is -0.852. The number of aliphatic carboxylic acids is 1. The molecular formula is C5H14NNa3O4. The van der Waals surface area contributed by atoms with E-state index >= 15 is 0 Å². The van der Waals surface area contributed by atoms with Gasteiger partial charge in [0, 0.05) is 0 Å².